The van der Waals surface area contributed by atoms with E-state index in [1.54, 1.807) is 24.3 Å². The fourth-order valence-corrected chi connectivity index (χ4v) is 2.03. The Morgan fingerprint density at radius 2 is 1.94 bits per heavy atom. The number of pyridine rings is 1. The topological polar surface area (TPSA) is 22.1 Å². The molecule has 0 fully saturated rings. The molecule has 0 bridgehead atoms. The van der Waals surface area contributed by atoms with Gasteiger partial charge in [0.2, 0.25) is 5.88 Å². The van der Waals surface area contributed by atoms with Crippen molar-refractivity contribution >= 4 is 34.8 Å². The third-order valence-electron chi connectivity index (χ3n) is 2.42. The van der Waals surface area contributed by atoms with E-state index >= 15 is 0 Å². The molecule has 1 aromatic heterocycles. The molecule has 0 saturated heterocycles. The van der Waals surface area contributed by atoms with E-state index in [0.717, 1.165) is 11.3 Å². The molecule has 2 aromatic rings. The van der Waals surface area contributed by atoms with E-state index in [4.69, 9.17) is 39.5 Å². The van der Waals surface area contributed by atoms with Crippen molar-refractivity contribution in [2.45, 2.75) is 12.8 Å². The molecule has 94 valence electrons. The maximum Gasteiger partial charge on any atom is 0.219 e. The summed E-state index contributed by atoms with van der Waals surface area (Å²) in [7, 11) is 0. The van der Waals surface area contributed by atoms with Crippen molar-refractivity contribution in [3.05, 3.63) is 51.6 Å². The molecule has 0 aliphatic carbocycles. The van der Waals surface area contributed by atoms with Gasteiger partial charge < -0.3 is 4.74 Å². The fourth-order valence-electron chi connectivity index (χ4n) is 1.43. The lowest BCUT2D eigenvalue weighted by molar-refractivity contribution is 0.461. The van der Waals surface area contributed by atoms with E-state index in [0.29, 0.717) is 27.6 Å². The maximum atomic E-state index is 6.01. The van der Waals surface area contributed by atoms with E-state index in [-0.39, 0.29) is 0 Å². The molecule has 18 heavy (non-hydrogen) atoms. The first-order chi connectivity index (χ1) is 8.60. The molecule has 2 nitrogen and oxygen atoms in total. The normalized spacial score (nSPS) is 10.4. The molecule has 0 atom stereocenters. The Balaban J connectivity index is 2.28. The second-order valence-corrected chi connectivity index (χ2v) is 4.82. The van der Waals surface area contributed by atoms with Gasteiger partial charge in [-0.25, -0.2) is 4.98 Å². The lowest BCUT2D eigenvalue weighted by Crippen LogP contribution is -1.94. The van der Waals surface area contributed by atoms with Gasteiger partial charge >= 0.3 is 0 Å². The van der Waals surface area contributed by atoms with Gasteiger partial charge in [0.05, 0.1) is 5.02 Å². The van der Waals surface area contributed by atoms with E-state index in [1.807, 2.05) is 13.0 Å². The highest BCUT2D eigenvalue weighted by Gasteiger charge is 2.07. The van der Waals surface area contributed by atoms with Crippen molar-refractivity contribution in [3.8, 4) is 11.6 Å². The highest BCUT2D eigenvalue weighted by molar-refractivity contribution is 6.34. The van der Waals surface area contributed by atoms with Crippen molar-refractivity contribution in [1.82, 2.24) is 4.98 Å². The molecule has 5 heteroatoms. The summed E-state index contributed by atoms with van der Waals surface area (Å²) >= 11 is 17.7. The number of aryl methyl sites for hydroxylation is 1. The molecule has 0 radical (unpaired) electrons. The summed E-state index contributed by atoms with van der Waals surface area (Å²) < 4.78 is 5.60. The van der Waals surface area contributed by atoms with Gasteiger partial charge in [0.25, 0.3) is 0 Å². The summed E-state index contributed by atoms with van der Waals surface area (Å²) in [6, 6.07) is 8.66. The minimum absolute atomic E-state index is 0.428. The van der Waals surface area contributed by atoms with Crippen LogP contribution < -0.4 is 4.74 Å². The number of ether oxygens (including phenoxy) is 1. The van der Waals surface area contributed by atoms with Crippen LogP contribution in [0.1, 0.15) is 11.3 Å². The van der Waals surface area contributed by atoms with Crippen molar-refractivity contribution < 1.29 is 4.74 Å². The van der Waals surface area contributed by atoms with E-state index < -0.39 is 0 Å². The number of hydrogen-bond acceptors (Lipinski definition) is 2. The highest BCUT2D eigenvalue weighted by Crippen LogP contribution is 2.31. The predicted molar refractivity (Wildman–Crippen MR) is 75.1 cm³/mol. The van der Waals surface area contributed by atoms with Crippen LogP contribution >= 0.6 is 34.8 Å². The molecule has 0 N–H and O–H groups in total. The first-order valence-corrected chi connectivity index (χ1v) is 6.54. The quantitative estimate of drug-likeness (QED) is 0.724. The van der Waals surface area contributed by atoms with E-state index in [9.17, 15) is 0 Å². The van der Waals surface area contributed by atoms with Gasteiger partial charge in [0, 0.05) is 28.7 Å². The van der Waals surface area contributed by atoms with Crippen molar-refractivity contribution in [3.63, 3.8) is 0 Å². The number of halogens is 3. The summed E-state index contributed by atoms with van der Waals surface area (Å²) in [6.45, 7) is 1.88. The maximum absolute atomic E-state index is 6.01. The molecule has 1 heterocycles. The number of rotatable bonds is 3. The van der Waals surface area contributed by atoms with Crippen LogP contribution in [-0.2, 0) is 5.88 Å². The van der Waals surface area contributed by atoms with E-state index in [1.165, 1.54) is 0 Å². The molecule has 1 aromatic carbocycles. The van der Waals surface area contributed by atoms with Crippen LogP contribution in [-0.4, -0.2) is 4.98 Å². The Bertz CT molecular complexity index is 572. The Labute approximate surface area is 120 Å². The van der Waals surface area contributed by atoms with Crippen LogP contribution in [0.25, 0.3) is 0 Å². The summed E-state index contributed by atoms with van der Waals surface area (Å²) in [5.41, 5.74) is 1.81. The van der Waals surface area contributed by atoms with Crippen LogP contribution in [0.5, 0.6) is 11.6 Å². The molecule has 2 rings (SSSR count). The monoisotopic (exact) mass is 301 g/mol. The molecule has 0 aliphatic rings. The van der Waals surface area contributed by atoms with Gasteiger partial charge in [-0.05, 0) is 24.6 Å². The lowest BCUT2D eigenvalue weighted by atomic mass is 10.2. The minimum Gasteiger partial charge on any atom is -0.437 e. The van der Waals surface area contributed by atoms with Gasteiger partial charge in [-0.2, -0.15) is 0 Å². The van der Waals surface area contributed by atoms with Crippen LogP contribution in [0, 0.1) is 6.92 Å². The molecule has 0 spiro atoms. The molecular weight excluding hydrogens is 293 g/mol. The summed E-state index contributed by atoms with van der Waals surface area (Å²) in [4.78, 5) is 4.30. The Hall–Kier alpha value is -0.960. The van der Waals surface area contributed by atoms with Crippen LogP contribution in [0.2, 0.25) is 10.0 Å². The molecule has 0 unspecified atom stereocenters. The predicted octanol–water partition coefficient (Wildman–Crippen LogP) is 5.23. The van der Waals surface area contributed by atoms with Crippen LogP contribution in [0.3, 0.4) is 0 Å². The third-order valence-corrected chi connectivity index (χ3v) is 3.26. The van der Waals surface area contributed by atoms with Crippen molar-refractivity contribution in [2.24, 2.45) is 0 Å². The average Bonchev–Trinajstić information content (AvgIpc) is 2.34. The molecule has 0 aliphatic heterocycles. The Morgan fingerprint density at radius 3 is 2.61 bits per heavy atom. The zero-order valence-corrected chi connectivity index (χ0v) is 11.9. The van der Waals surface area contributed by atoms with Crippen LogP contribution in [0.15, 0.2) is 30.3 Å². The SMILES string of the molecule is Cc1nc(Oc2cc(Cl)ccc2Cl)ccc1CCl. The van der Waals surface area contributed by atoms with Gasteiger partial charge in [0.1, 0.15) is 5.75 Å². The zero-order valence-electron chi connectivity index (χ0n) is 9.58. The van der Waals surface area contributed by atoms with Crippen LogP contribution in [0.4, 0.5) is 0 Å². The number of nitrogens with zero attached hydrogens (tertiary/aromatic N) is 1. The van der Waals surface area contributed by atoms with E-state index in [2.05, 4.69) is 4.98 Å². The van der Waals surface area contributed by atoms with Crippen molar-refractivity contribution in [1.29, 1.82) is 0 Å². The second kappa shape index (κ2) is 5.79. The zero-order chi connectivity index (χ0) is 13.1. The van der Waals surface area contributed by atoms with Gasteiger partial charge in [-0.15, -0.1) is 11.6 Å². The van der Waals surface area contributed by atoms with Gasteiger partial charge in [-0.1, -0.05) is 29.3 Å². The smallest absolute Gasteiger partial charge is 0.219 e. The summed E-state index contributed by atoms with van der Waals surface area (Å²) in [6.07, 6.45) is 0. The highest BCUT2D eigenvalue weighted by atomic mass is 35.5. The minimum atomic E-state index is 0.428. The molecule has 0 saturated carbocycles. The largest absolute Gasteiger partial charge is 0.437 e. The standard InChI is InChI=1S/C13H10Cl3NO/c1-8-9(7-14)2-5-13(17-8)18-12-6-10(15)3-4-11(12)16/h2-6H,7H2,1H3. The number of alkyl halides is 1. The second-order valence-electron chi connectivity index (χ2n) is 3.70. The van der Waals surface area contributed by atoms with Gasteiger partial charge in [-0.3, -0.25) is 0 Å². The fraction of sp³-hybridized carbons (Fsp3) is 0.154. The Morgan fingerprint density at radius 1 is 1.17 bits per heavy atom. The lowest BCUT2D eigenvalue weighted by Gasteiger charge is -2.09. The molecule has 0 amide bonds. The first kappa shape index (κ1) is 13.5. The summed E-state index contributed by atoms with van der Waals surface area (Å²) in [5.74, 6) is 1.37. The van der Waals surface area contributed by atoms with Gasteiger partial charge in [0.15, 0.2) is 0 Å². The summed E-state index contributed by atoms with van der Waals surface area (Å²) in [5, 5.41) is 1.05. The first-order valence-electron chi connectivity index (χ1n) is 5.25. The van der Waals surface area contributed by atoms with Crippen molar-refractivity contribution in [2.75, 3.05) is 0 Å². The number of benzene rings is 1. The third kappa shape index (κ3) is 3.08. The molecular formula is C13H10Cl3NO. The average molecular weight is 303 g/mol. The Kier molecular flexibility index (Phi) is 4.33. The number of hydrogen-bond donors (Lipinski definition) is 0. The number of aromatic nitrogens is 1.